The van der Waals surface area contributed by atoms with E-state index >= 15 is 0 Å². The van der Waals surface area contributed by atoms with E-state index in [9.17, 15) is 0 Å². The van der Waals surface area contributed by atoms with Crippen LogP contribution in [-0.2, 0) is 0 Å². The maximum Gasteiger partial charge on any atom is 0.136 e. The Labute approximate surface area is 235 Å². The Morgan fingerprint density at radius 2 is 1.00 bits per heavy atom. The molecule has 2 heteroatoms. The summed E-state index contributed by atoms with van der Waals surface area (Å²) in [5, 5.41) is 7.44. The van der Waals surface area contributed by atoms with Gasteiger partial charge in [0.25, 0.3) is 0 Å². The molecule has 9 rings (SSSR count). The van der Waals surface area contributed by atoms with Gasteiger partial charge in [-0.2, -0.15) is 0 Å². The van der Waals surface area contributed by atoms with Crippen LogP contribution in [0.25, 0.3) is 76.9 Å². The second-order valence-electron chi connectivity index (χ2n) is 10.4. The fourth-order valence-corrected chi connectivity index (χ4v) is 7.71. The molecule has 40 heavy (non-hydrogen) atoms. The van der Waals surface area contributed by atoms with Crippen molar-refractivity contribution < 1.29 is 4.42 Å². The van der Waals surface area contributed by atoms with Crippen molar-refractivity contribution in [3.05, 3.63) is 133 Å². The van der Waals surface area contributed by atoms with Crippen molar-refractivity contribution in [2.45, 2.75) is 9.79 Å². The third-order valence-corrected chi connectivity index (χ3v) is 9.43. The number of fused-ring (bicyclic) bond motifs is 7. The van der Waals surface area contributed by atoms with Gasteiger partial charge in [-0.3, -0.25) is 0 Å². The van der Waals surface area contributed by atoms with Gasteiger partial charge in [0.2, 0.25) is 0 Å². The van der Waals surface area contributed by atoms with Gasteiger partial charge in [0.05, 0.1) is 0 Å². The minimum absolute atomic E-state index is 0.920. The highest BCUT2D eigenvalue weighted by molar-refractivity contribution is 7.99. The fourth-order valence-electron chi connectivity index (χ4n) is 6.58. The summed E-state index contributed by atoms with van der Waals surface area (Å²) in [7, 11) is 0. The molecule has 1 aliphatic heterocycles. The molecular weight excluding hydrogens is 504 g/mol. The lowest BCUT2D eigenvalue weighted by Gasteiger charge is -2.22. The second kappa shape index (κ2) is 8.35. The lowest BCUT2D eigenvalue weighted by Crippen LogP contribution is -1.94. The van der Waals surface area contributed by atoms with Crippen molar-refractivity contribution in [3.8, 4) is 33.4 Å². The van der Waals surface area contributed by atoms with Crippen LogP contribution >= 0.6 is 11.8 Å². The van der Waals surface area contributed by atoms with Gasteiger partial charge in [0.1, 0.15) is 11.2 Å². The predicted octanol–water partition coefficient (Wildman–Crippen LogP) is 11.4. The standard InChI is InChI=1S/C38H22OS/c1-2-10-24-23(9-1)19-21-33-37(24)38-30(16-8-17-32(38)39-33)26-12-4-3-11-25(26)27-20-22-35-36-29(27)14-7-15-31(36)28-13-5-6-18-34(28)40-35/h1-22H. The molecule has 0 saturated heterocycles. The molecular formula is C38H22OS. The molecule has 0 aliphatic carbocycles. The van der Waals surface area contributed by atoms with Gasteiger partial charge in [0.15, 0.2) is 0 Å². The van der Waals surface area contributed by atoms with Crippen LogP contribution in [0.2, 0.25) is 0 Å². The number of hydrogen-bond acceptors (Lipinski definition) is 2. The van der Waals surface area contributed by atoms with Gasteiger partial charge in [-0.15, -0.1) is 0 Å². The Balaban J connectivity index is 1.35. The SMILES string of the molecule is c1ccc2c(c1)Sc1ccc(-c3ccccc3-c3cccc4oc5ccc6ccccc6c5c34)c3cccc-2c13. The number of furan rings is 1. The molecule has 0 radical (unpaired) electrons. The lowest BCUT2D eigenvalue weighted by atomic mass is 9.87. The van der Waals surface area contributed by atoms with Gasteiger partial charge in [0, 0.05) is 25.9 Å². The highest BCUT2D eigenvalue weighted by Crippen LogP contribution is 2.51. The molecule has 0 unspecified atom stereocenters. The van der Waals surface area contributed by atoms with Crippen LogP contribution in [0.1, 0.15) is 0 Å². The van der Waals surface area contributed by atoms with Crippen LogP contribution in [-0.4, -0.2) is 0 Å². The topological polar surface area (TPSA) is 13.1 Å². The van der Waals surface area contributed by atoms with Crippen molar-refractivity contribution in [1.82, 2.24) is 0 Å². The summed E-state index contributed by atoms with van der Waals surface area (Å²) in [6, 6.07) is 48.2. The monoisotopic (exact) mass is 526 g/mol. The van der Waals surface area contributed by atoms with E-state index in [1.165, 1.54) is 75.5 Å². The van der Waals surface area contributed by atoms with E-state index in [1.54, 1.807) is 0 Å². The van der Waals surface area contributed by atoms with Crippen molar-refractivity contribution in [2.24, 2.45) is 0 Å². The highest BCUT2D eigenvalue weighted by Gasteiger charge is 2.22. The highest BCUT2D eigenvalue weighted by atomic mass is 32.2. The zero-order chi connectivity index (χ0) is 26.2. The molecule has 1 aliphatic rings. The van der Waals surface area contributed by atoms with Gasteiger partial charge < -0.3 is 4.42 Å². The molecule has 8 aromatic rings. The zero-order valence-electron chi connectivity index (χ0n) is 21.5. The molecule has 0 fully saturated rings. The van der Waals surface area contributed by atoms with E-state index < -0.39 is 0 Å². The first-order valence-corrected chi connectivity index (χ1v) is 14.4. The maximum absolute atomic E-state index is 6.42. The molecule has 0 atom stereocenters. The first-order chi connectivity index (χ1) is 19.8. The smallest absolute Gasteiger partial charge is 0.136 e. The van der Waals surface area contributed by atoms with Gasteiger partial charge in [-0.05, 0) is 73.8 Å². The van der Waals surface area contributed by atoms with Crippen molar-refractivity contribution in [1.29, 1.82) is 0 Å². The molecule has 7 aromatic carbocycles. The molecule has 0 bridgehead atoms. The van der Waals surface area contributed by atoms with Gasteiger partial charge in [-0.25, -0.2) is 0 Å². The average molecular weight is 527 g/mol. The molecule has 1 aromatic heterocycles. The van der Waals surface area contributed by atoms with Gasteiger partial charge in [-0.1, -0.05) is 121 Å². The van der Waals surface area contributed by atoms with Gasteiger partial charge >= 0.3 is 0 Å². The van der Waals surface area contributed by atoms with E-state index in [2.05, 4.69) is 133 Å². The lowest BCUT2D eigenvalue weighted by molar-refractivity contribution is 0.669. The Morgan fingerprint density at radius 1 is 0.350 bits per heavy atom. The van der Waals surface area contributed by atoms with E-state index in [4.69, 9.17) is 4.42 Å². The Morgan fingerprint density at radius 3 is 1.90 bits per heavy atom. The van der Waals surface area contributed by atoms with Crippen LogP contribution in [0.4, 0.5) is 0 Å². The van der Waals surface area contributed by atoms with Crippen molar-refractivity contribution in [3.63, 3.8) is 0 Å². The fraction of sp³-hybridized carbons (Fsp3) is 0. The third kappa shape index (κ3) is 3.05. The maximum atomic E-state index is 6.42. The quantitative estimate of drug-likeness (QED) is 0.222. The van der Waals surface area contributed by atoms with E-state index in [-0.39, 0.29) is 0 Å². The van der Waals surface area contributed by atoms with Crippen molar-refractivity contribution in [2.75, 3.05) is 0 Å². The van der Waals surface area contributed by atoms with E-state index in [0.29, 0.717) is 0 Å². The summed E-state index contributed by atoms with van der Waals surface area (Å²) >= 11 is 1.87. The largest absolute Gasteiger partial charge is 0.456 e. The summed E-state index contributed by atoms with van der Waals surface area (Å²) in [6.45, 7) is 0. The summed E-state index contributed by atoms with van der Waals surface area (Å²) in [4.78, 5) is 2.64. The summed E-state index contributed by atoms with van der Waals surface area (Å²) in [5.41, 5.74) is 9.38. The van der Waals surface area contributed by atoms with Crippen molar-refractivity contribution >= 4 is 55.2 Å². The third-order valence-electron chi connectivity index (χ3n) is 8.29. The molecule has 2 heterocycles. The summed E-state index contributed by atoms with van der Waals surface area (Å²) < 4.78 is 6.42. The Kier molecular flexibility index (Phi) is 4.61. The van der Waals surface area contributed by atoms with Crippen LogP contribution in [0, 0.1) is 0 Å². The van der Waals surface area contributed by atoms with Crippen LogP contribution in [0.5, 0.6) is 0 Å². The van der Waals surface area contributed by atoms with Crippen LogP contribution < -0.4 is 0 Å². The minimum atomic E-state index is 0.920. The Bertz CT molecular complexity index is 2310. The van der Waals surface area contributed by atoms with E-state index in [1.807, 2.05) is 11.8 Å². The molecule has 186 valence electrons. The second-order valence-corrected chi connectivity index (χ2v) is 11.5. The van der Waals surface area contributed by atoms with E-state index in [0.717, 1.165) is 11.2 Å². The molecule has 0 saturated carbocycles. The minimum Gasteiger partial charge on any atom is -0.456 e. The van der Waals surface area contributed by atoms with Crippen LogP contribution in [0.15, 0.2) is 148 Å². The first-order valence-electron chi connectivity index (χ1n) is 13.6. The zero-order valence-corrected chi connectivity index (χ0v) is 22.3. The summed E-state index contributed by atoms with van der Waals surface area (Å²) in [6.07, 6.45) is 0. The van der Waals surface area contributed by atoms with Crippen LogP contribution in [0.3, 0.4) is 0 Å². The molecule has 1 nitrogen and oxygen atoms in total. The average Bonchev–Trinajstić information content (AvgIpc) is 3.41. The first kappa shape index (κ1) is 22.1. The molecule has 0 N–H and O–H groups in total. The molecule has 0 spiro atoms. The predicted molar refractivity (Wildman–Crippen MR) is 169 cm³/mol. The number of rotatable bonds is 2. The Hall–Kier alpha value is -4.79. The molecule has 0 amide bonds. The number of hydrogen-bond donors (Lipinski definition) is 0. The normalized spacial score (nSPS) is 12.4. The summed E-state index contributed by atoms with van der Waals surface area (Å²) in [5.74, 6) is 0. The number of benzene rings is 7.